The maximum atomic E-state index is 12.8. The second-order valence-electron chi connectivity index (χ2n) is 6.21. The fraction of sp³-hybridized carbons (Fsp3) is 0.571. The van der Waals surface area contributed by atoms with Gasteiger partial charge in [-0.1, -0.05) is 23.2 Å². The lowest BCUT2D eigenvalue weighted by Crippen LogP contribution is -2.34. The molecule has 0 aliphatic carbocycles. The number of hydrogen-bond acceptors (Lipinski definition) is 3. The minimum Gasteiger partial charge on any atom is -0.311 e. The summed E-state index contributed by atoms with van der Waals surface area (Å²) in [4.78, 5) is 0.195. The summed E-state index contributed by atoms with van der Waals surface area (Å²) in [5, 5.41) is 4.29. The zero-order valence-corrected chi connectivity index (χ0v) is 13.6. The largest absolute Gasteiger partial charge is 0.311 e. The molecule has 3 heterocycles. The van der Waals surface area contributed by atoms with E-state index in [1.54, 1.807) is 10.4 Å². The van der Waals surface area contributed by atoms with Crippen molar-refractivity contribution in [3.05, 3.63) is 28.2 Å². The molecule has 1 aromatic carbocycles. The van der Waals surface area contributed by atoms with Crippen LogP contribution in [0.5, 0.6) is 0 Å². The third-order valence-electron chi connectivity index (χ3n) is 5.10. The quantitative estimate of drug-likeness (QED) is 0.894. The third kappa shape index (κ3) is 2.21. The predicted octanol–water partition coefficient (Wildman–Crippen LogP) is 2.36. The Balaban J connectivity index is 1.64. The van der Waals surface area contributed by atoms with Gasteiger partial charge >= 0.3 is 0 Å². The number of nitrogens with zero attached hydrogens (tertiary/aromatic N) is 1. The molecule has 4 rings (SSSR count). The number of halogens is 2. The van der Waals surface area contributed by atoms with Gasteiger partial charge in [0.05, 0.1) is 4.90 Å². The number of sulfonamides is 1. The standard InChI is InChI=1S/C14H16Cl2N2O2S/c15-8-3-9(16)5-10(4-8)21(19,20)18-6-11-12(7-18)14-2-1-13(11)17-14/h3-5,11-14,17H,1-2,6-7H2/t11-,12+,13-,14+. The van der Waals surface area contributed by atoms with Gasteiger partial charge < -0.3 is 5.32 Å². The molecule has 1 aromatic rings. The maximum absolute atomic E-state index is 12.8. The molecule has 0 amide bonds. The Morgan fingerprint density at radius 3 is 2.05 bits per heavy atom. The van der Waals surface area contributed by atoms with Crippen LogP contribution in [0.3, 0.4) is 0 Å². The summed E-state index contributed by atoms with van der Waals surface area (Å²) in [5.74, 6) is 0.904. The number of hydrogen-bond donors (Lipinski definition) is 1. The fourth-order valence-electron chi connectivity index (χ4n) is 4.17. The van der Waals surface area contributed by atoms with Crippen molar-refractivity contribution in [1.29, 1.82) is 0 Å². The average Bonchev–Trinajstić information content (AvgIpc) is 3.10. The second kappa shape index (κ2) is 4.83. The van der Waals surface area contributed by atoms with Crippen molar-refractivity contribution in [2.45, 2.75) is 29.8 Å². The summed E-state index contributed by atoms with van der Waals surface area (Å²) in [7, 11) is -3.51. The van der Waals surface area contributed by atoms with Crippen LogP contribution in [0, 0.1) is 11.8 Å². The van der Waals surface area contributed by atoms with Crippen LogP contribution >= 0.6 is 23.2 Å². The lowest BCUT2D eigenvalue weighted by atomic mass is 9.82. The lowest BCUT2D eigenvalue weighted by molar-refractivity contribution is 0.354. The predicted molar refractivity (Wildman–Crippen MR) is 82.1 cm³/mol. The average molecular weight is 347 g/mol. The normalized spacial score (nSPS) is 35.3. The molecule has 3 aliphatic rings. The van der Waals surface area contributed by atoms with Crippen molar-refractivity contribution >= 4 is 33.2 Å². The molecule has 0 spiro atoms. The van der Waals surface area contributed by atoms with Gasteiger partial charge in [-0.05, 0) is 42.9 Å². The zero-order chi connectivity index (χ0) is 14.8. The van der Waals surface area contributed by atoms with Gasteiger partial charge in [-0.2, -0.15) is 4.31 Å². The summed E-state index contributed by atoms with van der Waals surface area (Å²) in [6.45, 7) is 1.20. The molecule has 0 aromatic heterocycles. The molecule has 4 nitrogen and oxygen atoms in total. The second-order valence-corrected chi connectivity index (χ2v) is 9.02. The van der Waals surface area contributed by atoms with Gasteiger partial charge in [0, 0.05) is 35.2 Å². The molecule has 1 N–H and O–H groups in total. The first-order valence-electron chi connectivity index (χ1n) is 7.17. The Kier molecular flexibility index (Phi) is 3.28. The van der Waals surface area contributed by atoms with Gasteiger partial charge in [0.25, 0.3) is 0 Å². The van der Waals surface area contributed by atoms with Crippen LogP contribution in [-0.2, 0) is 10.0 Å². The molecule has 0 saturated carbocycles. The number of fused-ring (bicyclic) bond motifs is 5. The first-order valence-corrected chi connectivity index (χ1v) is 9.37. The Hall–Kier alpha value is -0.330. The Morgan fingerprint density at radius 1 is 1.00 bits per heavy atom. The zero-order valence-electron chi connectivity index (χ0n) is 11.3. The molecule has 21 heavy (non-hydrogen) atoms. The van der Waals surface area contributed by atoms with E-state index in [0.717, 1.165) is 0 Å². The SMILES string of the molecule is O=S(=O)(c1cc(Cl)cc(Cl)c1)N1C[C@@H]2[C@H](C1)[C@@H]1CC[C@H]2N1. The minimum atomic E-state index is -3.51. The van der Waals surface area contributed by atoms with E-state index in [4.69, 9.17) is 23.2 Å². The minimum absolute atomic E-state index is 0.195. The highest BCUT2D eigenvalue weighted by Crippen LogP contribution is 2.44. The van der Waals surface area contributed by atoms with Crippen molar-refractivity contribution in [1.82, 2.24) is 9.62 Å². The molecule has 114 valence electrons. The van der Waals surface area contributed by atoms with Crippen molar-refractivity contribution in [2.24, 2.45) is 11.8 Å². The van der Waals surface area contributed by atoms with Crippen LogP contribution in [0.15, 0.2) is 23.1 Å². The number of benzene rings is 1. The van der Waals surface area contributed by atoms with Gasteiger partial charge in [0.1, 0.15) is 0 Å². The summed E-state index contributed by atoms with van der Waals surface area (Å²) in [6.07, 6.45) is 2.34. The van der Waals surface area contributed by atoms with E-state index in [2.05, 4.69) is 5.32 Å². The molecule has 3 fully saturated rings. The highest BCUT2D eigenvalue weighted by molar-refractivity contribution is 7.89. The van der Waals surface area contributed by atoms with E-state index in [9.17, 15) is 8.42 Å². The van der Waals surface area contributed by atoms with Crippen LogP contribution < -0.4 is 5.32 Å². The third-order valence-corrected chi connectivity index (χ3v) is 7.35. The summed E-state index contributed by atoms with van der Waals surface area (Å²) in [5.41, 5.74) is 0. The van der Waals surface area contributed by atoms with E-state index >= 15 is 0 Å². The van der Waals surface area contributed by atoms with Crippen LogP contribution in [-0.4, -0.2) is 37.9 Å². The number of rotatable bonds is 2. The molecule has 0 unspecified atom stereocenters. The monoisotopic (exact) mass is 346 g/mol. The van der Waals surface area contributed by atoms with E-state index in [1.807, 2.05) is 0 Å². The van der Waals surface area contributed by atoms with Crippen LogP contribution in [0.2, 0.25) is 10.0 Å². The molecule has 7 heteroatoms. The fourth-order valence-corrected chi connectivity index (χ4v) is 6.41. The topological polar surface area (TPSA) is 49.4 Å². The van der Waals surface area contributed by atoms with Gasteiger partial charge in [-0.25, -0.2) is 8.42 Å². The summed E-state index contributed by atoms with van der Waals surface area (Å²) < 4.78 is 27.2. The first kappa shape index (κ1) is 14.3. The first-order chi connectivity index (χ1) is 9.95. The van der Waals surface area contributed by atoms with Gasteiger partial charge in [0.15, 0.2) is 0 Å². The lowest BCUT2D eigenvalue weighted by Gasteiger charge is -2.20. The Bertz CT molecular complexity index is 656. The van der Waals surface area contributed by atoms with E-state index < -0.39 is 10.0 Å². The highest BCUT2D eigenvalue weighted by atomic mass is 35.5. The van der Waals surface area contributed by atoms with E-state index in [-0.39, 0.29) is 4.90 Å². The van der Waals surface area contributed by atoms with Gasteiger partial charge in [0.2, 0.25) is 10.0 Å². The van der Waals surface area contributed by atoms with E-state index in [1.165, 1.54) is 25.0 Å². The van der Waals surface area contributed by atoms with Gasteiger partial charge in [-0.3, -0.25) is 0 Å². The van der Waals surface area contributed by atoms with Crippen molar-refractivity contribution < 1.29 is 8.42 Å². The summed E-state index contributed by atoms with van der Waals surface area (Å²) in [6, 6.07) is 5.48. The van der Waals surface area contributed by atoms with Crippen molar-refractivity contribution in [3.8, 4) is 0 Å². The van der Waals surface area contributed by atoms with Crippen LogP contribution in [0.4, 0.5) is 0 Å². The number of nitrogens with one attached hydrogen (secondary N) is 1. The highest BCUT2D eigenvalue weighted by Gasteiger charge is 2.53. The summed E-state index contributed by atoms with van der Waals surface area (Å²) >= 11 is 11.9. The van der Waals surface area contributed by atoms with Crippen molar-refractivity contribution in [3.63, 3.8) is 0 Å². The molecule has 3 aliphatic heterocycles. The molecule has 0 radical (unpaired) electrons. The Labute approximate surface area is 134 Å². The van der Waals surface area contributed by atoms with Crippen LogP contribution in [0.1, 0.15) is 12.8 Å². The van der Waals surface area contributed by atoms with Gasteiger partial charge in [-0.15, -0.1) is 0 Å². The molecular weight excluding hydrogens is 331 g/mol. The smallest absolute Gasteiger partial charge is 0.243 e. The van der Waals surface area contributed by atoms with Crippen molar-refractivity contribution in [2.75, 3.05) is 13.1 Å². The van der Waals surface area contributed by atoms with E-state index in [0.29, 0.717) is 47.1 Å². The molecule has 2 bridgehead atoms. The Morgan fingerprint density at radius 2 is 1.52 bits per heavy atom. The molecular formula is C14H16Cl2N2O2S. The van der Waals surface area contributed by atoms with Crippen LogP contribution in [0.25, 0.3) is 0 Å². The molecule has 4 atom stereocenters. The maximum Gasteiger partial charge on any atom is 0.243 e. The molecule has 3 saturated heterocycles.